The lowest BCUT2D eigenvalue weighted by Gasteiger charge is -2.23. The Bertz CT molecular complexity index is 886. The van der Waals surface area contributed by atoms with Crippen molar-refractivity contribution in [2.75, 3.05) is 11.4 Å². The van der Waals surface area contributed by atoms with Gasteiger partial charge >= 0.3 is 6.18 Å². The van der Waals surface area contributed by atoms with Crippen LogP contribution in [0.15, 0.2) is 22.7 Å². The molecule has 1 atom stereocenters. The van der Waals surface area contributed by atoms with E-state index in [1.54, 1.807) is 13.0 Å². The Morgan fingerprint density at radius 3 is 2.79 bits per heavy atom. The molecule has 0 N–H and O–H groups in total. The van der Waals surface area contributed by atoms with E-state index in [1.807, 2.05) is 11.0 Å². The molecule has 0 aliphatic carbocycles. The second kappa shape index (κ2) is 5.18. The number of rotatable bonds is 2. The number of halogens is 3. The van der Waals surface area contributed by atoms with Gasteiger partial charge in [0.25, 0.3) is 5.82 Å². The van der Waals surface area contributed by atoms with E-state index in [4.69, 9.17) is 4.52 Å². The topological polar surface area (TPSA) is 72.4 Å². The van der Waals surface area contributed by atoms with Gasteiger partial charge < -0.3 is 9.42 Å². The molecule has 24 heavy (non-hydrogen) atoms. The average Bonchev–Trinajstić information content (AvgIpc) is 3.23. The van der Waals surface area contributed by atoms with Crippen molar-refractivity contribution < 1.29 is 17.7 Å². The van der Waals surface area contributed by atoms with Crippen LogP contribution in [-0.2, 0) is 6.18 Å². The molecule has 7 nitrogen and oxygen atoms in total. The van der Waals surface area contributed by atoms with Crippen LogP contribution < -0.4 is 4.90 Å². The molecule has 0 spiro atoms. The monoisotopic (exact) mass is 338 g/mol. The predicted molar refractivity (Wildman–Crippen MR) is 76.3 cm³/mol. The normalized spacial score (nSPS) is 18.7. The zero-order chi connectivity index (χ0) is 16.9. The van der Waals surface area contributed by atoms with Crippen LogP contribution in [0, 0.1) is 6.92 Å². The molecule has 0 saturated carbocycles. The number of hydrogen-bond donors (Lipinski definition) is 0. The Kier molecular flexibility index (Phi) is 3.22. The highest BCUT2D eigenvalue weighted by Crippen LogP contribution is 2.35. The summed E-state index contributed by atoms with van der Waals surface area (Å²) < 4.78 is 44.9. The molecule has 4 rings (SSSR count). The van der Waals surface area contributed by atoms with Crippen LogP contribution in [0.1, 0.15) is 36.2 Å². The van der Waals surface area contributed by atoms with Crippen molar-refractivity contribution >= 4 is 11.5 Å². The van der Waals surface area contributed by atoms with Crippen molar-refractivity contribution in [3.63, 3.8) is 0 Å². The lowest BCUT2D eigenvalue weighted by Crippen LogP contribution is -2.25. The van der Waals surface area contributed by atoms with Gasteiger partial charge in [-0.2, -0.15) is 17.7 Å². The van der Waals surface area contributed by atoms with Crippen LogP contribution in [0.2, 0.25) is 0 Å². The van der Waals surface area contributed by atoms with E-state index in [9.17, 15) is 13.2 Å². The molecule has 0 radical (unpaired) electrons. The zero-order valence-corrected chi connectivity index (χ0v) is 12.7. The molecular formula is C14H13F3N6O. The lowest BCUT2D eigenvalue weighted by atomic mass is 10.1. The Labute approximate surface area is 134 Å². The number of aromatic nitrogens is 5. The van der Waals surface area contributed by atoms with Crippen LogP contribution in [0.25, 0.3) is 5.65 Å². The van der Waals surface area contributed by atoms with E-state index in [2.05, 4.69) is 20.5 Å². The lowest BCUT2D eigenvalue weighted by molar-refractivity contribution is -0.146. The molecule has 1 fully saturated rings. The van der Waals surface area contributed by atoms with Crippen molar-refractivity contribution in [3.05, 3.63) is 35.5 Å². The third-order valence-corrected chi connectivity index (χ3v) is 4.04. The van der Waals surface area contributed by atoms with E-state index >= 15 is 0 Å². The van der Waals surface area contributed by atoms with Gasteiger partial charge in [-0.3, -0.25) is 0 Å². The number of alkyl halides is 3. The average molecular weight is 338 g/mol. The van der Waals surface area contributed by atoms with Crippen LogP contribution in [0.5, 0.6) is 0 Å². The molecule has 126 valence electrons. The SMILES string of the molecule is Cc1cc([C@@H]2CCCN2c2ccc3nnc(C(F)(F)F)n3n2)no1. The zero-order valence-electron chi connectivity index (χ0n) is 12.7. The molecule has 3 aromatic rings. The van der Waals surface area contributed by atoms with Gasteiger partial charge in [-0.05, 0) is 31.9 Å². The molecule has 0 amide bonds. The highest BCUT2D eigenvalue weighted by molar-refractivity contribution is 5.48. The summed E-state index contributed by atoms with van der Waals surface area (Å²) in [6.07, 6.45) is -2.89. The fraction of sp³-hybridized carbons (Fsp3) is 0.429. The summed E-state index contributed by atoms with van der Waals surface area (Å²) in [6, 6.07) is 4.89. The molecule has 3 aromatic heterocycles. The predicted octanol–water partition coefficient (Wildman–Crippen LogP) is 2.78. The van der Waals surface area contributed by atoms with Crippen molar-refractivity contribution in [2.24, 2.45) is 0 Å². The van der Waals surface area contributed by atoms with E-state index in [0.717, 1.165) is 23.1 Å². The van der Waals surface area contributed by atoms with Crippen molar-refractivity contribution in [1.82, 2.24) is 25.0 Å². The highest BCUT2D eigenvalue weighted by Gasteiger charge is 2.38. The molecule has 4 heterocycles. The molecule has 1 aliphatic heterocycles. The third kappa shape index (κ3) is 2.38. The van der Waals surface area contributed by atoms with Gasteiger partial charge in [0.1, 0.15) is 17.3 Å². The number of fused-ring (bicyclic) bond motifs is 1. The number of anilines is 1. The van der Waals surface area contributed by atoms with Crippen molar-refractivity contribution in [2.45, 2.75) is 32.0 Å². The molecular weight excluding hydrogens is 325 g/mol. The van der Waals surface area contributed by atoms with Gasteiger partial charge in [-0.15, -0.1) is 15.3 Å². The minimum Gasteiger partial charge on any atom is -0.361 e. The molecule has 1 saturated heterocycles. The first-order chi connectivity index (χ1) is 11.4. The van der Waals surface area contributed by atoms with Gasteiger partial charge in [-0.1, -0.05) is 5.16 Å². The third-order valence-electron chi connectivity index (χ3n) is 4.04. The smallest absolute Gasteiger partial charge is 0.361 e. The molecule has 1 aliphatic rings. The number of nitrogens with zero attached hydrogens (tertiary/aromatic N) is 6. The quantitative estimate of drug-likeness (QED) is 0.715. The first-order valence-electron chi connectivity index (χ1n) is 7.43. The summed E-state index contributed by atoms with van der Waals surface area (Å²) >= 11 is 0. The van der Waals surface area contributed by atoms with Crippen molar-refractivity contribution in [1.29, 1.82) is 0 Å². The van der Waals surface area contributed by atoms with Crippen LogP contribution in [0.4, 0.5) is 19.0 Å². The summed E-state index contributed by atoms with van der Waals surface area (Å²) in [4.78, 5) is 1.93. The maximum atomic E-state index is 13.0. The van der Waals surface area contributed by atoms with E-state index in [0.29, 0.717) is 18.1 Å². The second-order valence-electron chi connectivity index (χ2n) is 5.70. The molecule has 0 aromatic carbocycles. The van der Waals surface area contributed by atoms with Crippen molar-refractivity contribution in [3.8, 4) is 0 Å². The maximum absolute atomic E-state index is 13.0. The fourth-order valence-corrected chi connectivity index (χ4v) is 3.00. The molecule has 0 bridgehead atoms. The largest absolute Gasteiger partial charge is 0.453 e. The second-order valence-corrected chi connectivity index (χ2v) is 5.70. The van der Waals surface area contributed by atoms with Gasteiger partial charge in [0, 0.05) is 12.6 Å². The van der Waals surface area contributed by atoms with Gasteiger partial charge in [0.05, 0.1) is 6.04 Å². The highest BCUT2D eigenvalue weighted by atomic mass is 19.4. The summed E-state index contributed by atoms with van der Waals surface area (Å²) in [5, 5.41) is 14.8. The summed E-state index contributed by atoms with van der Waals surface area (Å²) in [6.45, 7) is 2.48. The summed E-state index contributed by atoms with van der Waals surface area (Å²) in [5.74, 6) is -0.0123. The van der Waals surface area contributed by atoms with E-state index in [-0.39, 0.29) is 11.7 Å². The Morgan fingerprint density at radius 2 is 2.08 bits per heavy atom. The standard InChI is InChI=1S/C14H13F3N6O/c1-8-7-9(21-24-8)10-3-2-6-22(10)12-5-4-11-18-19-13(14(15,16)17)23(11)20-12/h4-5,7,10H,2-3,6H2,1H3/t10-/m0/s1. The Morgan fingerprint density at radius 1 is 1.25 bits per heavy atom. The Balaban J connectivity index is 1.75. The molecule has 0 unspecified atom stereocenters. The molecule has 10 heteroatoms. The Hall–Kier alpha value is -2.65. The fourth-order valence-electron chi connectivity index (χ4n) is 3.00. The van der Waals surface area contributed by atoms with Crippen LogP contribution in [0.3, 0.4) is 0 Å². The minimum atomic E-state index is -4.61. The van der Waals surface area contributed by atoms with Crippen LogP contribution in [-0.4, -0.2) is 31.5 Å². The van der Waals surface area contributed by atoms with Gasteiger partial charge in [0.2, 0.25) is 0 Å². The first kappa shape index (κ1) is 14.9. The van der Waals surface area contributed by atoms with E-state index in [1.165, 1.54) is 6.07 Å². The van der Waals surface area contributed by atoms with Gasteiger partial charge in [-0.25, -0.2) is 0 Å². The van der Waals surface area contributed by atoms with Crippen LogP contribution >= 0.6 is 0 Å². The van der Waals surface area contributed by atoms with E-state index < -0.39 is 12.0 Å². The summed E-state index contributed by atoms with van der Waals surface area (Å²) in [7, 11) is 0. The first-order valence-corrected chi connectivity index (χ1v) is 7.43. The maximum Gasteiger partial charge on any atom is 0.453 e. The number of aryl methyl sites for hydroxylation is 1. The minimum absolute atomic E-state index is 0.0547. The number of hydrogen-bond acceptors (Lipinski definition) is 6. The summed E-state index contributed by atoms with van der Waals surface area (Å²) in [5.41, 5.74) is 0.811. The van der Waals surface area contributed by atoms with Gasteiger partial charge in [0.15, 0.2) is 5.65 Å².